The van der Waals surface area contributed by atoms with Gasteiger partial charge < -0.3 is 9.52 Å². The van der Waals surface area contributed by atoms with E-state index in [2.05, 4.69) is 4.72 Å². The van der Waals surface area contributed by atoms with Gasteiger partial charge in [-0.25, -0.2) is 8.42 Å². The molecule has 0 atom stereocenters. The highest BCUT2D eigenvalue weighted by Gasteiger charge is 2.21. The quantitative estimate of drug-likeness (QED) is 0.899. The number of nitrogens with one attached hydrogen (secondary N) is 1. The first-order valence-electron chi connectivity index (χ1n) is 5.51. The molecule has 8 heteroatoms. The number of aryl methyl sites for hydroxylation is 1. The van der Waals surface area contributed by atoms with Crippen molar-refractivity contribution >= 4 is 38.9 Å². The van der Waals surface area contributed by atoms with Crippen molar-refractivity contribution in [1.82, 2.24) is 0 Å². The van der Waals surface area contributed by atoms with Crippen LogP contribution in [-0.4, -0.2) is 13.5 Å². The number of halogens is 2. The van der Waals surface area contributed by atoms with E-state index in [-0.39, 0.29) is 33.7 Å². The van der Waals surface area contributed by atoms with Crippen LogP contribution in [0, 0.1) is 6.92 Å². The van der Waals surface area contributed by atoms with E-state index < -0.39 is 10.0 Å². The summed E-state index contributed by atoms with van der Waals surface area (Å²) in [5.41, 5.74) is 0.283. The molecule has 0 unspecified atom stereocenters. The fourth-order valence-corrected chi connectivity index (χ4v) is 3.19. The number of aliphatic hydroxyl groups is 1. The van der Waals surface area contributed by atoms with Crippen molar-refractivity contribution in [3.63, 3.8) is 0 Å². The summed E-state index contributed by atoms with van der Waals surface area (Å²) in [5, 5.41) is 9.53. The van der Waals surface area contributed by atoms with E-state index in [4.69, 9.17) is 32.7 Å². The Hall–Kier alpha value is -1.21. The van der Waals surface area contributed by atoms with Crippen molar-refractivity contribution in [3.8, 4) is 0 Å². The summed E-state index contributed by atoms with van der Waals surface area (Å²) in [5.74, 6) is 0.374. The molecular formula is C12H11Cl2NO4S. The average Bonchev–Trinajstić information content (AvgIpc) is 2.76. The van der Waals surface area contributed by atoms with Crippen LogP contribution in [0.1, 0.15) is 11.5 Å². The summed E-state index contributed by atoms with van der Waals surface area (Å²) in [4.78, 5) is -0.0346. The minimum Gasteiger partial charge on any atom is -0.462 e. The van der Waals surface area contributed by atoms with Gasteiger partial charge in [0.1, 0.15) is 23.0 Å². The highest BCUT2D eigenvalue weighted by atomic mass is 35.5. The van der Waals surface area contributed by atoms with E-state index in [1.54, 1.807) is 0 Å². The Labute approximate surface area is 126 Å². The van der Waals surface area contributed by atoms with E-state index in [0.717, 1.165) is 0 Å². The second-order valence-corrected chi connectivity index (χ2v) is 6.49. The molecule has 0 amide bonds. The van der Waals surface area contributed by atoms with Gasteiger partial charge in [0.2, 0.25) is 0 Å². The molecule has 0 fully saturated rings. The number of hydrogen-bond donors (Lipinski definition) is 2. The zero-order valence-corrected chi connectivity index (χ0v) is 12.7. The van der Waals surface area contributed by atoms with E-state index in [1.807, 2.05) is 0 Å². The number of furan rings is 1. The SMILES string of the molecule is Cc1oc(CO)cc1S(=O)(=O)Nc1ccc(Cl)c(Cl)c1. The molecule has 1 aromatic heterocycles. The number of hydrogen-bond acceptors (Lipinski definition) is 4. The van der Waals surface area contributed by atoms with Gasteiger partial charge in [0, 0.05) is 6.07 Å². The summed E-state index contributed by atoms with van der Waals surface area (Å²) in [6, 6.07) is 5.66. The molecule has 2 aromatic rings. The summed E-state index contributed by atoms with van der Waals surface area (Å²) in [6.07, 6.45) is 0. The molecule has 1 heterocycles. The van der Waals surface area contributed by atoms with Crippen LogP contribution in [0.5, 0.6) is 0 Å². The van der Waals surface area contributed by atoms with Gasteiger partial charge in [-0.1, -0.05) is 23.2 Å². The van der Waals surface area contributed by atoms with Gasteiger partial charge in [0.15, 0.2) is 0 Å². The van der Waals surface area contributed by atoms with Gasteiger partial charge in [0.05, 0.1) is 15.7 Å². The monoisotopic (exact) mass is 335 g/mol. The van der Waals surface area contributed by atoms with Gasteiger partial charge in [-0.05, 0) is 25.1 Å². The first-order valence-corrected chi connectivity index (χ1v) is 7.75. The van der Waals surface area contributed by atoms with Crippen LogP contribution in [0.25, 0.3) is 0 Å². The highest BCUT2D eigenvalue weighted by Crippen LogP contribution is 2.27. The molecule has 0 radical (unpaired) electrons. The van der Waals surface area contributed by atoms with Crippen LogP contribution in [0.15, 0.2) is 33.6 Å². The minimum atomic E-state index is -3.82. The molecule has 0 aliphatic carbocycles. The van der Waals surface area contributed by atoms with Gasteiger partial charge in [-0.3, -0.25) is 4.72 Å². The third-order valence-corrected chi connectivity index (χ3v) is 4.77. The van der Waals surface area contributed by atoms with Crippen molar-refractivity contribution in [2.24, 2.45) is 0 Å². The zero-order valence-electron chi connectivity index (χ0n) is 10.4. The molecule has 108 valence electrons. The van der Waals surface area contributed by atoms with Crippen molar-refractivity contribution in [1.29, 1.82) is 0 Å². The van der Waals surface area contributed by atoms with Crippen LogP contribution in [0.3, 0.4) is 0 Å². The van der Waals surface area contributed by atoms with Crippen LogP contribution in [0.2, 0.25) is 10.0 Å². The highest BCUT2D eigenvalue weighted by molar-refractivity contribution is 7.92. The maximum absolute atomic E-state index is 12.2. The Balaban J connectivity index is 2.35. The van der Waals surface area contributed by atoms with Crippen molar-refractivity contribution < 1.29 is 17.9 Å². The summed E-state index contributed by atoms with van der Waals surface area (Å²) < 4.78 is 31.9. The second-order valence-electron chi connectivity index (χ2n) is 4.03. The van der Waals surface area contributed by atoms with Gasteiger partial charge in [-0.15, -0.1) is 0 Å². The molecule has 0 saturated carbocycles. The van der Waals surface area contributed by atoms with E-state index >= 15 is 0 Å². The van der Waals surface area contributed by atoms with Crippen molar-refractivity contribution in [2.45, 2.75) is 18.4 Å². The number of sulfonamides is 1. The molecule has 0 saturated heterocycles. The molecule has 0 bridgehead atoms. The predicted molar refractivity (Wildman–Crippen MR) is 76.6 cm³/mol. The lowest BCUT2D eigenvalue weighted by atomic mass is 10.3. The van der Waals surface area contributed by atoms with Crippen molar-refractivity contribution in [2.75, 3.05) is 4.72 Å². The molecule has 5 nitrogen and oxygen atoms in total. The zero-order chi connectivity index (χ0) is 14.9. The Morgan fingerprint density at radius 2 is 1.95 bits per heavy atom. The number of anilines is 1. The Bertz CT molecular complexity index is 740. The van der Waals surface area contributed by atoms with Gasteiger partial charge in [0.25, 0.3) is 10.0 Å². The first-order chi connectivity index (χ1) is 9.33. The Kier molecular flexibility index (Phi) is 4.29. The molecule has 0 aliphatic heterocycles. The van der Waals surface area contributed by atoms with E-state index in [9.17, 15) is 8.42 Å². The smallest absolute Gasteiger partial charge is 0.265 e. The first kappa shape index (κ1) is 15.2. The topological polar surface area (TPSA) is 79.5 Å². The van der Waals surface area contributed by atoms with Crippen molar-refractivity contribution in [3.05, 3.63) is 45.8 Å². The lowest BCUT2D eigenvalue weighted by Crippen LogP contribution is -2.13. The number of benzene rings is 1. The lowest BCUT2D eigenvalue weighted by molar-refractivity contribution is 0.245. The molecular weight excluding hydrogens is 325 g/mol. The third-order valence-electron chi connectivity index (χ3n) is 2.54. The molecule has 2 N–H and O–H groups in total. The maximum Gasteiger partial charge on any atom is 0.265 e. The Morgan fingerprint density at radius 3 is 2.50 bits per heavy atom. The number of aliphatic hydroxyl groups excluding tert-OH is 1. The van der Waals surface area contributed by atoms with Crippen LogP contribution >= 0.6 is 23.2 Å². The van der Waals surface area contributed by atoms with E-state index in [1.165, 1.54) is 31.2 Å². The summed E-state index contributed by atoms with van der Waals surface area (Å²) >= 11 is 11.6. The van der Waals surface area contributed by atoms with Crippen LogP contribution in [0.4, 0.5) is 5.69 Å². The van der Waals surface area contributed by atoms with E-state index in [0.29, 0.717) is 5.02 Å². The second kappa shape index (κ2) is 5.65. The standard InChI is InChI=1S/C12H11Cl2NO4S/c1-7-12(5-9(6-16)19-7)20(17,18)15-8-2-3-10(13)11(14)4-8/h2-5,15-16H,6H2,1H3. The molecule has 20 heavy (non-hydrogen) atoms. The summed E-state index contributed by atoms with van der Waals surface area (Å²) in [6.45, 7) is 1.13. The Morgan fingerprint density at radius 1 is 1.25 bits per heavy atom. The normalized spacial score (nSPS) is 11.6. The molecule has 2 rings (SSSR count). The predicted octanol–water partition coefficient (Wildman–Crippen LogP) is 3.19. The minimum absolute atomic E-state index is 0.0346. The molecule has 1 aromatic carbocycles. The number of rotatable bonds is 4. The fourth-order valence-electron chi connectivity index (χ4n) is 1.64. The maximum atomic E-state index is 12.2. The third kappa shape index (κ3) is 3.09. The van der Waals surface area contributed by atoms with Crippen LogP contribution < -0.4 is 4.72 Å². The van der Waals surface area contributed by atoms with Gasteiger partial charge >= 0.3 is 0 Å². The lowest BCUT2D eigenvalue weighted by Gasteiger charge is -2.07. The van der Waals surface area contributed by atoms with Crippen LogP contribution in [-0.2, 0) is 16.6 Å². The average molecular weight is 336 g/mol. The molecule has 0 spiro atoms. The molecule has 0 aliphatic rings. The van der Waals surface area contributed by atoms with Gasteiger partial charge in [-0.2, -0.15) is 0 Å². The fraction of sp³-hybridized carbons (Fsp3) is 0.167. The summed E-state index contributed by atoms with van der Waals surface area (Å²) in [7, 11) is -3.82. The largest absolute Gasteiger partial charge is 0.462 e.